The maximum Gasteiger partial charge on any atom is 0.118 e. The van der Waals surface area contributed by atoms with E-state index in [1.807, 2.05) is 43.4 Å². The molecule has 0 N–H and O–H groups in total. The van der Waals surface area contributed by atoms with Crippen molar-refractivity contribution in [3.05, 3.63) is 133 Å². The average molecular weight is 509 g/mol. The molecule has 4 aromatic carbocycles. The second-order valence-corrected chi connectivity index (χ2v) is 9.22. The predicted octanol–water partition coefficient (Wildman–Crippen LogP) is 11.1. The molecule has 0 atom stereocenters. The molecule has 1 nitrogen and oxygen atoms in total. The molecule has 0 saturated heterocycles. The van der Waals surface area contributed by atoms with Crippen LogP contribution in [0.15, 0.2) is 105 Å². The van der Waals surface area contributed by atoms with Crippen molar-refractivity contribution in [1.29, 1.82) is 0 Å². The van der Waals surface area contributed by atoms with E-state index in [4.69, 9.17) is 4.74 Å². The summed E-state index contributed by atoms with van der Waals surface area (Å²) < 4.78 is 5.41. The normalized spacial score (nSPS) is 11.5. The largest absolute Gasteiger partial charge is 0.497 e. The molecule has 4 rings (SSSR count). The van der Waals surface area contributed by atoms with Crippen LogP contribution in [0.2, 0.25) is 0 Å². The van der Waals surface area contributed by atoms with Gasteiger partial charge in [0.1, 0.15) is 5.75 Å². The molecule has 0 heterocycles. The summed E-state index contributed by atoms with van der Waals surface area (Å²) in [5.74, 6) is 0.825. The molecular weight excluding hydrogens is 472 g/mol. The van der Waals surface area contributed by atoms with E-state index in [1.165, 1.54) is 5.57 Å². The molecule has 0 aliphatic rings. The van der Waals surface area contributed by atoms with Crippen LogP contribution in [0, 0.1) is 0 Å². The molecule has 0 unspecified atom stereocenters. The van der Waals surface area contributed by atoms with Gasteiger partial charge in [0.25, 0.3) is 0 Å². The number of rotatable bonds is 10. The van der Waals surface area contributed by atoms with Gasteiger partial charge in [0.05, 0.1) is 7.11 Å². The van der Waals surface area contributed by atoms with E-state index in [2.05, 4.69) is 100.0 Å². The Morgan fingerprint density at radius 3 is 1.85 bits per heavy atom. The Balaban J connectivity index is 2.15. The van der Waals surface area contributed by atoms with E-state index in [-0.39, 0.29) is 0 Å². The van der Waals surface area contributed by atoms with Gasteiger partial charge in [-0.05, 0) is 91.9 Å². The van der Waals surface area contributed by atoms with Gasteiger partial charge in [0.2, 0.25) is 0 Å². The topological polar surface area (TPSA) is 9.23 Å². The second kappa shape index (κ2) is 12.3. The zero-order chi connectivity index (χ0) is 27.9. The van der Waals surface area contributed by atoms with Gasteiger partial charge in [-0.25, -0.2) is 0 Å². The van der Waals surface area contributed by atoms with E-state index in [9.17, 15) is 0 Å². The van der Waals surface area contributed by atoms with Gasteiger partial charge >= 0.3 is 0 Å². The lowest BCUT2D eigenvalue weighted by atomic mass is 9.80. The van der Waals surface area contributed by atoms with Crippen LogP contribution in [-0.4, -0.2) is 7.11 Å². The lowest BCUT2D eigenvalue weighted by molar-refractivity contribution is 0.415. The molecule has 0 saturated carbocycles. The van der Waals surface area contributed by atoms with Crippen molar-refractivity contribution in [2.45, 2.75) is 20.3 Å². The monoisotopic (exact) mass is 508 g/mol. The van der Waals surface area contributed by atoms with Crippen LogP contribution in [0.4, 0.5) is 0 Å². The van der Waals surface area contributed by atoms with Crippen molar-refractivity contribution in [3.63, 3.8) is 0 Å². The van der Waals surface area contributed by atoms with Gasteiger partial charge in [-0.2, -0.15) is 0 Å². The first kappa shape index (κ1) is 27.4. The lowest BCUT2D eigenvalue weighted by Gasteiger charge is -2.23. The molecule has 39 heavy (non-hydrogen) atoms. The third kappa shape index (κ3) is 4.96. The summed E-state index contributed by atoms with van der Waals surface area (Å²) in [7, 11) is 1.68. The third-order valence-corrected chi connectivity index (χ3v) is 7.13. The van der Waals surface area contributed by atoms with Crippen LogP contribution >= 0.6 is 0 Å². The number of hydrogen-bond donors (Lipinski definition) is 0. The number of allylic oxidation sites excluding steroid dienone is 4. The van der Waals surface area contributed by atoms with Crippen molar-refractivity contribution in [2.24, 2.45) is 0 Å². The molecule has 0 bridgehead atoms. The van der Waals surface area contributed by atoms with Gasteiger partial charge in [-0.3, -0.25) is 0 Å². The second-order valence-electron chi connectivity index (χ2n) is 9.22. The first-order chi connectivity index (χ1) is 19.1. The molecule has 4 aromatic rings. The van der Waals surface area contributed by atoms with Crippen molar-refractivity contribution in [1.82, 2.24) is 0 Å². The van der Waals surface area contributed by atoms with E-state index in [1.54, 1.807) is 7.11 Å². The highest BCUT2D eigenvalue weighted by Gasteiger charge is 2.21. The molecule has 0 amide bonds. The smallest absolute Gasteiger partial charge is 0.118 e. The molecule has 0 aliphatic heterocycles. The Hall–Kier alpha value is -4.62. The Morgan fingerprint density at radius 2 is 1.31 bits per heavy atom. The van der Waals surface area contributed by atoms with Crippen LogP contribution in [0.5, 0.6) is 5.75 Å². The van der Waals surface area contributed by atoms with E-state index < -0.39 is 0 Å². The zero-order valence-corrected chi connectivity index (χ0v) is 23.3. The van der Waals surface area contributed by atoms with Gasteiger partial charge in [0, 0.05) is 0 Å². The molecule has 0 aliphatic carbocycles. The highest BCUT2D eigenvalue weighted by atomic mass is 16.5. The van der Waals surface area contributed by atoms with Gasteiger partial charge in [-0.1, -0.05) is 124 Å². The van der Waals surface area contributed by atoms with Crippen LogP contribution in [0.25, 0.3) is 62.9 Å². The summed E-state index contributed by atoms with van der Waals surface area (Å²) in [5.41, 5.74) is 11.0. The first-order valence-corrected chi connectivity index (χ1v) is 13.3. The lowest BCUT2D eigenvalue weighted by Crippen LogP contribution is -2.00. The summed E-state index contributed by atoms with van der Waals surface area (Å²) in [6.45, 7) is 21.1. The van der Waals surface area contributed by atoms with Crippen LogP contribution < -0.4 is 4.74 Å². The minimum atomic E-state index is 0.825. The van der Waals surface area contributed by atoms with Gasteiger partial charge in [-0.15, -0.1) is 0 Å². The molecular formula is C38H36O. The minimum absolute atomic E-state index is 0.825. The number of hydrogen-bond acceptors (Lipinski definition) is 1. The van der Waals surface area contributed by atoms with Crippen LogP contribution in [0.3, 0.4) is 0 Å². The molecule has 0 radical (unpaired) electrons. The average Bonchev–Trinajstić information content (AvgIpc) is 2.98. The Kier molecular flexibility index (Phi) is 8.63. The summed E-state index contributed by atoms with van der Waals surface area (Å²) in [6.07, 6.45) is 15.2. The minimum Gasteiger partial charge on any atom is -0.497 e. The predicted molar refractivity (Wildman–Crippen MR) is 175 cm³/mol. The van der Waals surface area contributed by atoms with Crippen molar-refractivity contribution in [3.8, 4) is 28.0 Å². The SMILES string of the molecule is C=Cc1c(C(/C=C\C)=C/CC)ccc(-c2c(C=C)c(C=C)c(-c3ccc(OC)cc3)c3ccccc23)c1C=C. The third-order valence-electron chi connectivity index (χ3n) is 7.13. The number of benzene rings is 4. The van der Waals surface area contributed by atoms with E-state index in [0.29, 0.717) is 0 Å². The van der Waals surface area contributed by atoms with Crippen LogP contribution in [-0.2, 0) is 0 Å². The van der Waals surface area contributed by atoms with Gasteiger partial charge in [0.15, 0.2) is 0 Å². The number of ether oxygens (including phenoxy) is 1. The summed E-state index contributed by atoms with van der Waals surface area (Å²) in [6, 6.07) is 21.2. The first-order valence-electron chi connectivity index (χ1n) is 13.3. The van der Waals surface area contributed by atoms with E-state index in [0.717, 1.165) is 73.0 Å². The maximum atomic E-state index is 5.41. The van der Waals surface area contributed by atoms with Crippen molar-refractivity contribution in [2.75, 3.05) is 7.11 Å². The number of methoxy groups -OCH3 is 1. The molecule has 194 valence electrons. The molecule has 0 spiro atoms. The van der Waals surface area contributed by atoms with Crippen molar-refractivity contribution >= 4 is 40.6 Å². The fraction of sp³-hybridized carbons (Fsp3) is 0.105. The maximum absolute atomic E-state index is 5.41. The highest BCUT2D eigenvalue weighted by molar-refractivity contribution is 6.12. The number of fused-ring (bicyclic) bond motifs is 1. The Labute approximate surface area is 233 Å². The molecule has 0 aromatic heterocycles. The zero-order valence-electron chi connectivity index (χ0n) is 23.3. The fourth-order valence-electron chi connectivity index (χ4n) is 5.47. The standard InChI is InChI=1S/C38H36O/c1-8-16-26(17-9-2)33-24-25-36(30(11-4)29(33)10-3)38-32(13-6)31(12-5)37(34-18-14-15-19-35(34)38)27-20-22-28(39-7)23-21-27/h8,10-25H,3-6,9H2,1-2,7H3/b16-8-,26-17+. The van der Waals surface area contributed by atoms with Crippen LogP contribution in [0.1, 0.15) is 48.1 Å². The summed E-state index contributed by atoms with van der Waals surface area (Å²) >= 11 is 0. The van der Waals surface area contributed by atoms with E-state index >= 15 is 0 Å². The highest BCUT2D eigenvalue weighted by Crippen LogP contribution is 2.45. The Bertz CT molecular complexity index is 1620. The molecule has 1 heteroatoms. The van der Waals surface area contributed by atoms with Crippen molar-refractivity contribution < 1.29 is 4.74 Å². The Morgan fingerprint density at radius 1 is 0.718 bits per heavy atom. The van der Waals surface area contributed by atoms with Gasteiger partial charge < -0.3 is 4.74 Å². The fourth-order valence-corrected chi connectivity index (χ4v) is 5.47. The summed E-state index contributed by atoms with van der Waals surface area (Å²) in [5, 5.41) is 2.30. The molecule has 0 fully saturated rings. The summed E-state index contributed by atoms with van der Waals surface area (Å²) in [4.78, 5) is 0. The quantitative estimate of drug-likeness (QED) is 0.194.